The largest absolute Gasteiger partial charge is 0.264 e. The molecule has 66 valence electrons. The van der Waals surface area contributed by atoms with Crippen molar-refractivity contribution in [3.63, 3.8) is 0 Å². The molecular formula is C9H13NO2. The van der Waals surface area contributed by atoms with E-state index in [1.165, 1.54) is 5.56 Å². The van der Waals surface area contributed by atoms with E-state index >= 15 is 0 Å². The van der Waals surface area contributed by atoms with Gasteiger partial charge >= 0.3 is 0 Å². The van der Waals surface area contributed by atoms with Crippen LogP contribution in [0.1, 0.15) is 18.1 Å². The molecule has 0 aliphatic rings. The number of benzene rings is 1. The fourth-order valence-electron chi connectivity index (χ4n) is 1.16. The predicted molar refractivity (Wildman–Crippen MR) is 46.6 cm³/mol. The summed E-state index contributed by atoms with van der Waals surface area (Å²) in [6.45, 7) is 4.03. The lowest BCUT2D eigenvalue weighted by Crippen LogP contribution is -2.11. The van der Waals surface area contributed by atoms with Gasteiger partial charge in [0.1, 0.15) is 0 Å². The lowest BCUT2D eigenvalue weighted by atomic mass is 10.1. The molecule has 0 amide bonds. The van der Waals surface area contributed by atoms with E-state index in [0.717, 1.165) is 12.0 Å². The van der Waals surface area contributed by atoms with Gasteiger partial charge in [-0.15, -0.1) is 5.23 Å². The molecule has 0 atom stereocenters. The summed E-state index contributed by atoms with van der Waals surface area (Å²) < 4.78 is 0. The Kier molecular flexibility index (Phi) is 2.68. The topological polar surface area (TPSA) is 43.7 Å². The molecule has 0 heterocycles. The van der Waals surface area contributed by atoms with Gasteiger partial charge in [-0.2, -0.15) is 0 Å². The zero-order chi connectivity index (χ0) is 9.14. The summed E-state index contributed by atoms with van der Waals surface area (Å²) in [5.74, 6) is 0. The first kappa shape index (κ1) is 9.03. The minimum absolute atomic E-state index is 0.137. The SMILES string of the molecule is CCc1cc(N(O)O)ccc1C. The van der Waals surface area contributed by atoms with E-state index in [-0.39, 0.29) is 5.23 Å². The summed E-state index contributed by atoms with van der Waals surface area (Å²) in [5, 5.41) is 17.6. The average molecular weight is 167 g/mol. The normalized spacial score (nSPS) is 10.0. The number of aryl methyl sites for hydroxylation is 2. The Morgan fingerprint density at radius 1 is 1.33 bits per heavy atom. The number of hydrogen-bond donors (Lipinski definition) is 2. The fourth-order valence-corrected chi connectivity index (χ4v) is 1.16. The standard InChI is InChI=1S/C9H13NO2/c1-3-8-6-9(10(11)12)5-4-7(8)2/h4-6,11-12H,3H2,1-2H3. The summed E-state index contributed by atoms with van der Waals surface area (Å²) in [6.07, 6.45) is 0.896. The molecule has 0 aliphatic heterocycles. The van der Waals surface area contributed by atoms with Gasteiger partial charge in [0.25, 0.3) is 0 Å². The molecule has 1 aromatic carbocycles. The highest BCUT2D eigenvalue weighted by atomic mass is 16.8. The van der Waals surface area contributed by atoms with Gasteiger partial charge in [-0.1, -0.05) is 13.0 Å². The van der Waals surface area contributed by atoms with Crippen LogP contribution in [-0.2, 0) is 6.42 Å². The number of rotatable bonds is 2. The second kappa shape index (κ2) is 3.56. The molecule has 0 saturated heterocycles. The van der Waals surface area contributed by atoms with E-state index in [4.69, 9.17) is 10.4 Å². The molecule has 1 rings (SSSR count). The quantitative estimate of drug-likeness (QED) is 0.663. The van der Waals surface area contributed by atoms with Crippen molar-refractivity contribution in [2.45, 2.75) is 20.3 Å². The van der Waals surface area contributed by atoms with Crippen LogP contribution in [0, 0.1) is 6.92 Å². The monoisotopic (exact) mass is 167 g/mol. The molecule has 0 spiro atoms. The van der Waals surface area contributed by atoms with E-state index in [1.807, 2.05) is 19.9 Å². The smallest absolute Gasteiger partial charge is 0.0945 e. The maximum atomic E-state index is 8.72. The summed E-state index contributed by atoms with van der Waals surface area (Å²) in [5.41, 5.74) is 2.70. The molecule has 2 N–H and O–H groups in total. The molecular weight excluding hydrogens is 154 g/mol. The Morgan fingerprint density at radius 3 is 2.50 bits per heavy atom. The molecule has 0 bridgehead atoms. The van der Waals surface area contributed by atoms with Crippen molar-refractivity contribution < 1.29 is 10.4 Å². The molecule has 0 aliphatic carbocycles. The van der Waals surface area contributed by atoms with Gasteiger partial charge in [-0.25, -0.2) is 0 Å². The molecule has 1 aromatic rings. The highest BCUT2D eigenvalue weighted by Crippen LogP contribution is 2.17. The third-order valence-corrected chi connectivity index (χ3v) is 1.94. The van der Waals surface area contributed by atoms with Gasteiger partial charge in [-0.05, 0) is 36.6 Å². The van der Waals surface area contributed by atoms with Gasteiger partial charge in [0.2, 0.25) is 0 Å². The maximum absolute atomic E-state index is 8.72. The van der Waals surface area contributed by atoms with Gasteiger partial charge in [-0.3, -0.25) is 10.4 Å². The van der Waals surface area contributed by atoms with Gasteiger partial charge in [0, 0.05) is 0 Å². The Labute approximate surface area is 71.8 Å². The molecule has 0 fully saturated rings. The van der Waals surface area contributed by atoms with Crippen molar-refractivity contribution in [3.8, 4) is 0 Å². The molecule has 0 saturated carbocycles. The van der Waals surface area contributed by atoms with Crippen molar-refractivity contribution >= 4 is 5.69 Å². The van der Waals surface area contributed by atoms with Gasteiger partial charge < -0.3 is 0 Å². The number of hydrogen-bond acceptors (Lipinski definition) is 3. The van der Waals surface area contributed by atoms with Crippen molar-refractivity contribution in [1.82, 2.24) is 0 Å². The van der Waals surface area contributed by atoms with Crippen molar-refractivity contribution in [3.05, 3.63) is 29.3 Å². The van der Waals surface area contributed by atoms with E-state index in [1.54, 1.807) is 12.1 Å². The lowest BCUT2D eigenvalue weighted by Gasteiger charge is -2.10. The first-order valence-electron chi connectivity index (χ1n) is 3.92. The van der Waals surface area contributed by atoms with Crippen LogP contribution in [0.25, 0.3) is 0 Å². The maximum Gasteiger partial charge on any atom is 0.0945 e. The van der Waals surface area contributed by atoms with Crippen LogP contribution in [0.2, 0.25) is 0 Å². The second-order valence-electron chi connectivity index (χ2n) is 2.75. The molecule has 0 aromatic heterocycles. The molecule has 3 nitrogen and oxygen atoms in total. The van der Waals surface area contributed by atoms with Crippen molar-refractivity contribution in [1.29, 1.82) is 0 Å². The number of anilines is 1. The van der Waals surface area contributed by atoms with E-state index in [2.05, 4.69) is 0 Å². The minimum atomic E-state index is 0.137. The van der Waals surface area contributed by atoms with Crippen LogP contribution < -0.4 is 5.23 Å². The zero-order valence-electron chi connectivity index (χ0n) is 7.28. The third-order valence-electron chi connectivity index (χ3n) is 1.94. The van der Waals surface area contributed by atoms with Crippen LogP contribution >= 0.6 is 0 Å². The summed E-state index contributed by atoms with van der Waals surface area (Å²) in [6, 6.07) is 5.29. The van der Waals surface area contributed by atoms with E-state index in [9.17, 15) is 0 Å². The van der Waals surface area contributed by atoms with E-state index < -0.39 is 0 Å². The highest BCUT2D eigenvalue weighted by Gasteiger charge is 2.01. The first-order chi connectivity index (χ1) is 5.65. The van der Waals surface area contributed by atoms with Crippen LogP contribution in [0.15, 0.2) is 18.2 Å². The third kappa shape index (κ3) is 1.75. The first-order valence-corrected chi connectivity index (χ1v) is 3.92. The predicted octanol–water partition coefficient (Wildman–Crippen LogP) is 2.14. The minimum Gasteiger partial charge on any atom is -0.264 e. The van der Waals surface area contributed by atoms with Crippen molar-refractivity contribution in [2.24, 2.45) is 0 Å². The molecule has 3 heteroatoms. The number of nitrogens with zero attached hydrogens (tertiary/aromatic N) is 1. The van der Waals surface area contributed by atoms with Crippen molar-refractivity contribution in [2.75, 3.05) is 5.23 Å². The van der Waals surface area contributed by atoms with E-state index in [0.29, 0.717) is 5.69 Å². The molecule has 0 radical (unpaired) electrons. The Hall–Kier alpha value is -1.06. The van der Waals surface area contributed by atoms with Crippen LogP contribution in [0.3, 0.4) is 0 Å². The van der Waals surface area contributed by atoms with Crippen LogP contribution in [-0.4, -0.2) is 10.4 Å². The lowest BCUT2D eigenvalue weighted by molar-refractivity contribution is 0.0291. The fraction of sp³-hybridized carbons (Fsp3) is 0.333. The molecule has 0 unspecified atom stereocenters. The van der Waals surface area contributed by atoms with Gasteiger partial charge in [0.05, 0.1) is 5.69 Å². The summed E-state index contributed by atoms with van der Waals surface area (Å²) in [7, 11) is 0. The van der Waals surface area contributed by atoms with Gasteiger partial charge in [0.15, 0.2) is 0 Å². The van der Waals surface area contributed by atoms with Crippen LogP contribution in [0.5, 0.6) is 0 Å². The van der Waals surface area contributed by atoms with Crippen LogP contribution in [0.4, 0.5) is 5.69 Å². The summed E-state index contributed by atoms with van der Waals surface area (Å²) in [4.78, 5) is 0. The average Bonchev–Trinajstić information content (AvgIpc) is 2.05. The second-order valence-corrected chi connectivity index (χ2v) is 2.75. The highest BCUT2D eigenvalue weighted by molar-refractivity contribution is 5.46. The molecule has 12 heavy (non-hydrogen) atoms. The Balaban J connectivity index is 3.05. The Morgan fingerprint density at radius 2 is 2.00 bits per heavy atom. The summed E-state index contributed by atoms with van der Waals surface area (Å²) >= 11 is 0. The zero-order valence-corrected chi connectivity index (χ0v) is 7.28. The Bertz CT molecular complexity index is 271.